The maximum absolute atomic E-state index is 12.1. The number of nitrogens with zero attached hydrogens (tertiary/aromatic N) is 2. The third-order valence-electron chi connectivity index (χ3n) is 3.22. The van der Waals surface area contributed by atoms with Crippen molar-refractivity contribution in [3.63, 3.8) is 0 Å². The molecule has 5 heteroatoms. The van der Waals surface area contributed by atoms with Crippen LogP contribution in [0.2, 0.25) is 0 Å². The fourth-order valence-corrected chi connectivity index (χ4v) is 2.21. The Morgan fingerprint density at radius 1 is 1.27 bits per heavy atom. The molecule has 0 fully saturated rings. The lowest BCUT2D eigenvalue weighted by molar-refractivity contribution is -0.115. The minimum atomic E-state index is -0.125. The molecule has 0 bridgehead atoms. The standard InChI is InChI=1S/C17H13N3O2/c1-11-19-15-7-4-13(8-16(15)22-11)9-17(21)20-14-5-2-12(10-18)3-6-14/h2-8H,9H2,1H3,(H,20,21). The lowest BCUT2D eigenvalue weighted by Gasteiger charge is -2.05. The van der Waals surface area contributed by atoms with E-state index in [2.05, 4.69) is 10.3 Å². The zero-order chi connectivity index (χ0) is 15.5. The number of benzene rings is 2. The van der Waals surface area contributed by atoms with Crippen molar-refractivity contribution in [3.8, 4) is 6.07 Å². The Morgan fingerprint density at radius 2 is 2.05 bits per heavy atom. The summed E-state index contributed by atoms with van der Waals surface area (Å²) in [5.74, 6) is 0.481. The largest absolute Gasteiger partial charge is 0.441 e. The second kappa shape index (κ2) is 5.70. The van der Waals surface area contributed by atoms with Crippen LogP contribution in [-0.4, -0.2) is 10.9 Å². The SMILES string of the molecule is Cc1nc2ccc(CC(=O)Nc3ccc(C#N)cc3)cc2o1. The second-order valence-electron chi connectivity index (χ2n) is 4.95. The van der Waals surface area contributed by atoms with Gasteiger partial charge in [-0.2, -0.15) is 5.26 Å². The van der Waals surface area contributed by atoms with Gasteiger partial charge in [0.05, 0.1) is 18.1 Å². The molecule has 1 amide bonds. The van der Waals surface area contributed by atoms with Crippen LogP contribution in [0.25, 0.3) is 11.1 Å². The summed E-state index contributed by atoms with van der Waals surface area (Å²) in [4.78, 5) is 16.3. The van der Waals surface area contributed by atoms with Gasteiger partial charge in [-0.25, -0.2) is 4.98 Å². The van der Waals surface area contributed by atoms with Crippen molar-refractivity contribution in [3.05, 3.63) is 59.5 Å². The van der Waals surface area contributed by atoms with Gasteiger partial charge in [0, 0.05) is 12.6 Å². The van der Waals surface area contributed by atoms with E-state index in [-0.39, 0.29) is 12.3 Å². The highest BCUT2D eigenvalue weighted by atomic mass is 16.3. The summed E-state index contributed by atoms with van der Waals surface area (Å²) < 4.78 is 5.46. The molecule has 1 N–H and O–H groups in total. The number of aryl methyl sites for hydroxylation is 1. The van der Waals surface area contributed by atoms with Crippen LogP contribution in [-0.2, 0) is 11.2 Å². The van der Waals surface area contributed by atoms with Gasteiger partial charge in [0.1, 0.15) is 5.52 Å². The predicted octanol–water partition coefficient (Wildman–Crippen LogP) is 3.19. The van der Waals surface area contributed by atoms with Crippen molar-refractivity contribution in [2.75, 3.05) is 5.32 Å². The highest BCUT2D eigenvalue weighted by molar-refractivity contribution is 5.92. The average molecular weight is 291 g/mol. The maximum atomic E-state index is 12.1. The van der Waals surface area contributed by atoms with Crippen LogP contribution in [0.3, 0.4) is 0 Å². The van der Waals surface area contributed by atoms with Gasteiger partial charge >= 0.3 is 0 Å². The summed E-state index contributed by atoms with van der Waals surface area (Å²) in [6, 6.07) is 14.3. The summed E-state index contributed by atoms with van der Waals surface area (Å²) in [5, 5.41) is 11.5. The Labute approximate surface area is 127 Å². The number of nitriles is 1. The third kappa shape index (κ3) is 2.96. The van der Waals surface area contributed by atoms with E-state index in [4.69, 9.17) is 9.68 Å². The molecule has 3 rings (SSSR count). The van der Waals surface area contributed by atoms with E-state index >= 15 is 0 Å². The van der Waals surface area contributed by atoms with Crippen molar-refractivity contribution in [2.24, 2.45) is 0 Å². The monoisotopic (exact) mass is 291 g/mol. The normalized spacial score (nSPS) is 10.4. The third-order valence-corrected chi connectivity index (χ3v) is 3.22. The highest BCUT2D eigenvalue weighted by Gasteiger charge is 2.08. The van der Waals surface area contributed by atoms with Crippen molar-refractivity contribution in [2.45, 2.75) is 13.3 Å². The van der Waals surface area contributed by atoms with Gasteiger partial charge in [-0.3, -0.25) is 4.79 Å². The molecule has 0 saturated carbocycles. The van der Waals surface area contributed by atoms with Gasteiger partial charge in [-0.05, 0) is 42.0 Å². The Hall–Kier alpha value is -3.13. The van der Waals surface area contributed by atoms with Gasteiger partial charge in [0.15, 0.2) is 11.5 Å². The molecule has 2 aromatic carbocycles. The van der Waals surface area contributed by atoms with Crippen LogP contribution in [0.1, 0.15) is 17.0 Å². The van der Waals surface area contributed by atoms with Gasteiger partial charge in [-0.1, -0.05) is 6.07 Å². The molecule has 1 heterocycles. The summed E-state index contributed by atoms with van der Waals surface area (Å²) in [6.45, 7) is 1.79. The maximum Gasteiger partial charge on any atom is 0.228 e. The fourth-order valence-electron chi connectivity index (χ4n) is 2.21. The molecule has 108 valence electrons. The summed E-state index contributed by atoms with van der Waals surface area (Å²) in [5.41, 5.74) is 3.55. The number of anilines is 1. The smallest absolute Gasteiger partial charge is 0.228 e. The van der Waals surface area contributed by atoms with E-state index in [1.54, 1.807) is 31.2 Å². The summed E-state index contributed by atoms with van der Waals surface area (Å²) in [7, 11) is 0. The zero-order valence-corrected chi connectivity index (χ0v) is 12.0. The van der Waals surface area contributed by atoms with Gasteiger partial charge in [0.25, 0.3) is 0 Å². The quantitative estimate of drug-likeness (QED) is 0.803. The first kappa shape index (κ1) is 13.8. The molecule has 0 aliphatic rings. The number of oxazole rings is 1. The van der Waals surface area contributed by atoms with Crippen LogP contribution >= 0.6 is 0 Å². The van der Waals surface area contributed by atoms with E-state index in [9.17, 15) is 4.79 Å². The van der Waals surface area contributed by atoms with Crippen molar-refractivity contribution >= 4 is 22.7 Å². The number of amides is 1. The molecule has 0 atom stereocenters. The zero-order valence-electron chi connectivity index (χ0n) is 12.0. The highest BCUT2D eigenvalue weighted by Crippen LogP contribution is 2.17. The Kier molecular flexibility index (Phi) is 3.58. The molecular weight excluding hydrogens is 278 g/mol. The second-order valence-corrected chi connectivity index (χ2v) is 4.95. The Bertz CT molecular complexity index is 873. The van der Waals surface area contributed by atoms with Gasteiger partial charge in [-0.15, -0.1) is 0 Å². The number of nitrogens with one attached hydrogen (secondary N) is 1. The topological polar surface area (TPSA) is 78.9 Å². The first-order chi connectivity index (χ1) is 10.6. The lowest BCUT2D eigenvalue weighted by Crippen LogP contribution is -2.14. The minimum absolute atomic E-state index is 0.125. The molecule has 22 heavy (non-hydrogen) atoms. The van der Waals surface area contributed by atoms with E-state index < -0.39 is 0 Å². The molecule has 0 spiro atoms. The van der Waals surface area contributed by atoms with Crippen LogP contribution in [0.4, 0.5) is 5.69 Å². The summed E-state index contributed by atoms with van der Waals surface area (Å²) in [6.07, 6.45) is 0.246. The molecular formula is C17H13N3O2. The van der Waals surface area contributed by atoms with E-state index in [1.807, 2.05) is 24.3 Å². The number of rotatable bonds is 3. The average Bonchev–Trinajstić information content (AvgIpc) is 2.87. The van der Waals surface area contributed by atoms with Crippen molar-refractivity contribution in [1.82, 2.24) is 4.98 Å². The number of fused-ring (bicyclic) bond motifs is 1. The Balaban J connectivity index is 1.70. The molecule has 0 radical (unpaired) electrons. The molecule has 5 nitrogen and oxygen atoms in total. The predicted molar refractivity (Wildman–Crippen MR) is 82.2 cm³/mol. The first-order valence-electron chi connectivity index (χ1n) is 6.80. The summed E-state index contributed by atoms with van der Waals surface area (Å²) >= 11 is 0. The minimum Gasteiger partial charge on any atom is -0.441 e. The number of hydrogen-bond acceptors (Lipinski definition) is 4. The molecule has 3 aromatic rings. The molecule has 0 aliphatic carbocycles. The number of aromatic nitrogens is 1. The van der Waals surface area contributed by atoms with E-state index in [1.165, 1.54) is 0 Å². The van der Waals surface area contributed by atoms with Crippen LogP contribution < -0.4 is 5.32 Å². The van der Waals surface area contributed by atoms with Crippen molar-refractivity contribution in [1.29, 1.82) is 5.26 Å². The fraction of sp³-hybridized carbons (Fsp3) is 0.118. The number of hydrogen-bond donors (Lipinski definition) is 1. The van der Waals surface area contributed by atoms with E-state index in [0.717, 1.165) is 11.1 Å². The molecule has 0 unspecified atom stereocenters. The van der Waals surface area contributed by atoms with Crippen LogP contribution in [0.5, 0.6) is 0 Å². The van der Waals surface area contributed by atoms with Crippen LogP contribution in [0, 0.1) is 18.3 Å². The Morgan fingerprint density at radius 3 is 2.77 bits per heavy atom. The van der Waals surface area contributed by atoms with Crippen LogP contribution in [0.15, 0.2) is 46.9 Å². The van der Waals surface area contributed by atoms with Gasteiger partial charge in [0.2, 0.25) is 5.91 Å². The molecule has 0 saturated heterocycles. The van der Waals surface area contributed by atoms with E-state index in [0.29, 0.717) is 22.7 Å². The number of carbonyl (C=O) groups excluding carboxylic acids is 1. The molecule has 0 aliphatic heterocycles. The lowest BCUT2D eigenvalue weighted by atomic mass is 10.1. The molecule has 1 aromatic heterocycles. The van der Waals surface area contributed by atoms with Crippen molar-refractivity contribution < 1.29 is 9.21 Å². The van der Waals surface area contributed by atoms with Gasteiger partial charge < -0.3 is 9.73 Å². The number of carbonyl (C=O) groups is 1. The first-order valence-corrected chi connectivity index (χ1v) is 6.80.